The maximum Gasteiger partial charge on any atom is 0.413 e. The van der Waals surface area contributed by atoms with E-state index in [1.54, 1.807) is 0 Å². The van der Waals surface area contributed by atoms with Crippen LogP contribution in [0, 0.1) is 27.7 Å². The van der Waals surface area contributed by atoms with E-state index >= 15 is 0 Å². The van der Waals surface area contributed by atoms with E-state index in [9.17, 15) is 14.4 Å². The smallest absolute Gasteiger partial charge is 0.413 e. The van der Waals surface area contributed by atoms with E-state index in [0.717, 1.165) is 27.8 Å². The molecule has 0 spiro atoms. The highest BCUT2D eigenvalue weighted by Crippen LogP contribution is 2.23. The Morgan fingerprint density at radius 2 is 1.22 bits per heavy atom. The van der Waals surface area contributed by atoms with Crippen molar-refractivity contribution < 1.29 is 28.6 Å². The third-order valence-corrected chi connectivity index (χ3v) is 5.68. The van der Waals surface area contributed by atoms with Crippen LogP contribution in [0.2, 0.25) is 0 Å². The predicted octanol–water partition coefficient (Wildman–Crippen LogP) is 4.95. The average Bonchev–Trinajstić information content (AvgIpc) is 2.86. The molecule has 0 saturated heterocycles. The molecule has 0 radical (unpaired) electrons. The molecule has 1 unspecified atom stereocenters. The van der Waals surface area contributed by atoms with Crippen molar-refractivity contribution in [1.82, 2.24) is 10.6 Å². The van der Waals surface area contributed by atoms with Crippen LogP contribution in [-0.4, -0.2) is 37.3 Å². The Balaban J connectivity index is 1.56. The second kappa shape index (κ2) is 13.1. The summed E-state index contributed by atoms with van der Waals surface area (Å²) in [6.07, 6.45) is -1.20. The zero-order chi connectivity index (χ0) is 26.8. The Labute approximate surface area is 216 Å². The summed E-state index contributed by atoms with van der Waals surface area (Å²) in [6, 6.07) is 19.4. The molecule has 0 aliphatic rings. The van der Waals surface area contributed by atoms with Crippen molar-refractivity contribution in [2.24, 2.45) is 0 Å². The first-order valence-corrected chi connectivity index (χ1v) is 12.0. The standard InChI is InChI=1S/C29H32N2O6/c1-19-10-8-11-20(2)25(19)36-28(33)30-16-17-35-27(32)24(18-23-14-6-5-7-15-23)31-29(34)37-26-21(3)12-9-13-22(26)4/h5-15,24H,16-18H2,1-4H3,(H,30,33)(H,31,34). The molecule has 3 rings (SSSR count). The summed E-state index contributed by atoms with van der Waals surface area (Å²) in [7, 11) is 0. The van der Waals surface area contributed by atoms with E-state index in [0.29, 0.717) is 11.5 Å². The van der Waals surface area contributed by atoms with Gasteiger partial charge < -0.3 is 24.8 Å². The van der Waals surface area contributed by atoms with Crippen LogP contribution in [0.3, 0.4) is 0 Å². The van der Waals surface area contributed by atoms with E-state index in [2.05, 4.69) is 10.6 Å². The molecule has 2 N–H and O–H groups in total. The molecule has 0 aromatic heterocycles. The van der Waals surface area contributed by atoms with Gasteiger partial charge in [0.1, 0.15) is 24.1 Å². The number of aryl methyl sites for hydroxylation is 4. The highest BCUT2D eigenvalue weighted by Gasteiger charge is 2.24. The van der Waals surface area contributed by atoms with Crippen LogP contribution in [0.4, 0.5) is 9.59 Å². The fourth-order valence-electron chi connectivity index (χ4n) is 3.76. The number of carbonyl (C=O) groups is 3. The molecule has 0 saturated carbocycles. The monoisotopic (exact) mass is 504 g/mol. The summed E-state index contributed by atoms with van der Waals surface area (Å²) in [4.78, 5) is 37.7. The van der Waals surface area contributed by atoms with Crippen LogP contribution in [0.5, 0.6) is 11.5 Å². The molecule has 0 aliphatic heterocycles. The lowest BCUT2D eigenvalue weighted by molar-refractivity contribution is -0.145. The topological polar surface area (TPSA) is 103 Å². The molecule has 3 aromatic carbocycles. The number of ether oxygens (including phenoxy) is 3. The second-order valence-corrected chi connectivity index (χ2v) is 8.70. The van der Waals surface area contributed by atoms with Gasteiger partial charge in [-0.1, -0.05) is 66.7 Å². The Morgan fingerprint density at radius 3 is 1.76 bits per heavy atom. The van der Waals surface area contributed by atoms with Gasteiger partial charge in [0.25, 0.3) is 0 Å². The number of benzene rings is 3. The Hall–Kier alpha value is -4.33. The largest absolute Gasteiger partial charge is 0.462 e. The first-order chi connectivity index (χ1) is 17.7. The van der Waals surface area contributed by atoms with Crippen LogP contribution in [0.25, 0.3) is 0 Å². The fourth-order valence-corrected chi connectivity index (χ4v) is 3.76. The van der Waals surface area contributed by atoms with Gasteiger partial charge in [-0.15, -0.1) is 0 Å². The predicted molar refractivity (Wildman–Crippen MR) is 140 cm³/mol. The number of hydrogen-bond acceptors (Lipinski definition) is 6. The minimum absolute atomic E-state index is 0.0421. The number of esters is 1. The zero-order valence-corrected chi connectivity index (χ0v) is 21.5. The van der Waals surface area contributed by atoms with Gasteiger partial charge in [0, 0.05) is 6.42 Å². The van der Waals surface area contributed by atoms with Gasteiger partial charge in [-0.2, -0.15) is 0 Å². The molecule has 37 heavy (non-hydrogen) atoms. The quantitative estimate of drug-likeness (QED) is 0.316. The molecule has 0 fully saturated rings. The third kappa shape index (κ3) is 8.10. The molecule has 8 nitrogen and oxygen atoms in total. The maximum absolute atomic E-state index is 12.9. The molecule has 8 heteroatoms. The fraction of sp³-hybridized carbons (Fsp3) is 0.276. The molecule has 0 bridgehead atoms. The highest BCUT2D eigenvalue weighted by molar-refractivity contribution is 5.82. The summed E-state index contributed by atoms with van der Waals surface area (Å²) >= 11 is 0. The summed E-state index contributed by atoms with van der Waals surface area (Å²) in [5, 5.41) is 5.18. The van der Waals surface area contributed by atoms with Gasteiger partial charge in [-0.05, 0) is 55.5 Å². The first-order valence-electron chi connectivity index (χ1n) is 12.0. The molecular formula is C29H32N2O6. The Bertz CT molecular complexity index is 1200. The van der Waals surface area contributed by atoms with Gasteiger partial charge in [-0.25, -0.2) is 14.4 Å². The number of nitrogens with one attached hydrogen (secondary N) is 2. The average molecular weight is 505 g/mol. The number of amides is 2. The van der Waals surface area contributed by atoms with Crippen molar-refractivity contribution >= 4 is 18.2 Å². The molecule has 1 atom stereocenters. The SMILES string of the molecule is Cc1cccc(C)c1OC(=O)NCCOC(=O)C(Cc1ccccc1)NC(=O)Oc1c(C)cccc1C. The van der Waals surface area contributed by atoms with E-state index in [1.807, 2.05) is 94.4 Å². The van der Waals surface area contributed by atoms with Crippen LogP contribution in [0.15, 0.2) is 66.7 Å². The van der Waals surface area contributed by atoms with Crippen LogP contribution < -0.4 is 20.1 Å². The molecule has 3 aromatic rings. The van der Waals surface area contributed by atoms with E-state index in [1.165, 1.54) is 0 Å². The van der Waals surface area contributed by atoms with Crippen molar-refractivity contribution in [3.63, 3.8) is 0 Å². The first kappa shape index (κ1) is 27.3. The minimum atomic E-state index is -0.985. The number of rotatable bonds is 9. The molecule has 0 aliphatic carbocycles. The van der Waals surface area contributed by atoms with Gasteiger partial charge in [0.15, 0.2) is 0 Å². The van der Waals surface area contributed by atoms with Crippen LogP contribution in [-0.2, 0) is 16.0 Å². The third-order valence-electron chi connectivity index (χ3n) is 5.68. The number of hydrogen-bond donors (Lipinski definition) is 2. The lowest BCUT2D eigenvalue weighted by Crippen LogP contribution is -2.45. The number of carbonyl (C=O) groups excluding carboxylic acids is 3. The summed E-state index contributed by atoms with van der Waals surface area (Å²) < 4.78 is 16.2. The lowest BCUT2D eigenvalue weighted by Gasteiger charge is -2.19. The Kier molecular flexibility index (Phi) is 9.66. The van der Waals surface area contributed by atoms with Crippen molar-refractivity contribution in [3.8, 4) is 11.5 Å². The van der Waals surface area contributed by atoms with Gasteiger partial charge >= 0.3 is 18.2 Å². The molecule has 0 heterocycles. The van der Waals surface area contributed by atoms with E-state index in [4.69, 9.17) is 14.2 Å². The molecule has 194 valence electrons. The summed E-state index contributed by atoms with van der Waals surface area (Å²) in [5.74, 6) is 0.289. The van der Waals surface area contributed by atoms with Gasteiger partial charge in [-0.3, -0.25) is 0 Å². The van der Waals surface area contributed by atoms with Crippen molar-refractivity contribution in [1.29, 1.82) is 0 Å². The maximum atomic E-state index is 12.9. The van der Waals surface area contributed by atoms with Gasteiger partial charge in [0.2, 0.25) is 0 Å². The summed E-state index contributed by atoms with van der Waals surface area (Å²) in [6.45, 7) is 7.32. The molecular weight excluding hydrogens is 472 g/mol. The zero-order valence-electron chi connectivity index (χ0n) is 21.5. The summed E-state index contributed by atoms with van der Waals surface area (Å²) in [5.41, 5.74) is 4.12. The van der Waals surface area contributed by atoms with Crippen molar-refractivity contribution in [3.05, 3.63) is 94.5 Å². The number of para-hydroxylation sites is 2. The minimum Gasteiger partial charge on any atom is -0.462 e. The van der Waals surface area contributed by atoms with Crippen molar-refractivity contribution in [2.45, 2.75) is 40.2 Å². The normalized spacial score (nSPS) is 11.2. The van der Waals surface area contributed by atoms with E-state index < -0.39 is 24.2 Å². The van der Waals surface area contributed by atoms with Crippen LogP contribution in [0.1, 0.15) is 27.8 Å². The van der Waals surface area contributed by atoms with Crippen molar-refractivity contribution in [2.75, 3.05) is 13.2 Å². The van der Waals surface area contributed by atoms with Gasteiger partial charge in [0.05, 0.1) is 6.54 Å². The second-order valence-electron chi connectivity index (χ2n) is 8.70. The van der Waals surface area contributed by atoms with Crippen LogP contribution >= 0.6 is 0 Å². The highest BCUT2D eigenvalue weighted by atomic mass is 16.6. The Morgan fingerprint density at radius 1 is 0.703 bits per heavy atom. The molecule has 2 amide bonds. The van der Waals surface area contributed by atoms with E-state index in [-0.39, 0.29) is 19.6 Å². The lowest BCUT2D eigenvalue weighted by atomic mass is 10.1.